The van der Waals surface area contributed by atoms with Crippen LogP contribution in [0.5, 0.6) is 11.5 Å². The highest BCUT2D eigenvalue weighted by atomic mass is 32.2. The molecule has 0 spiro atoms. The van der Waals surface area contributed by atoms with E-state index in [4.69, 9.17) is 19.7 Å². The molecule has 0 amide bonds. The molecular weight excluding hydrogens is 578 g/mol. The van der Waals surface area contributed by atoms with E-state index in [1.54, 1.807) is 57.6 Å². The first-order valence-corrected chi connectivity index (χ1v) is 15.0. The Morgan fingerprint density at radius 1 is 0.690 bits per heavy atom. The van der Waals surface area contributed by atoms with Gasteiger partial charge in [0.05, 0.1) is 14.2 Å². The maximum Gasteiger partial charge on any atom is 0.296 e. The van der Waals surface area contributed by atoms with Crippen molar-refractivity contribution in [1.29, 1.82) is 0 Å². The SMILES string of the molecule is COc1ccc(C2/C(=N\n3c(SC)nnc(C)c3=O)N(c3ccc(OC)cc3)/C2=N/n2c(SC)nnc(C)c2=O)cc1. The van der Waals surface area contributed by atoms with Crippen LogP contribution in [0, 0.1) is 13.8 Å². The fraction of sp³-hybridized carbons (Fsp3) is 0.259. The fourth-order valence-corrected chi connectivity index (χ4v) is 5.08. The van der Waals surface area contributed by atoms with E-state index in [2.05, 4.69) is 20.4 Å². The molecule has 1 saturated heterocycles. The molecule has 2 aromatic carbocycles. The van der Waals surface area contributed by atoms with Crippen LogP contribution in [0.3, 0.4) is 0 Å². The van der Waals surface area contributed by atoms with Crippen molar-refractivity contribution in [1.82, 2.24) is 29.7 Å². The third kappa shape index (κ3) is 5.27. The number of methoxy groups -OCH3 is 2. The number of aryl methyl sites for hydroxylation is 2. The van der Waals surface area contributed by atoms with Gasteiger partial charge < -0.3 is 9.47 Å². The monoisotopic (exact) mass is 605 g/mol. The summed E-state index contributed by atoms with van der Waals surface area (Å²) in [7, 11) is 3.18. The molecule has 1 aliphatic heterocycles. The zero-order chi connectivity index (χ0) is 30.0. The molecule has 0 bridgehead atoms. The van der Waals surface area contributed by atoms with Gasteiger partial charge >= 0.3 is 0 Å². The molecule has 15 heteroatoms. The molecule has 1 fully saturated rings. The lowest BCUT2D eigenvalue weighted by atomic mass is 9.87. The van der Waals surface area contributed by atoms with Crippen LogP contribution in [0.25, 0.3) is 0 Å². The molecule has 5 rings (SSSR count). The van der Waals surface area contributed by atoms with E-state index in [-0.39, 0.29) is 11.4 Å². The van der Waals surface area contributed by atoms with Crippen molar-refractivity contribution < 1.29 is 9.47 Å². The summed E-state index contributed by atoms with van der Waals surface area (Å²) >= 11 is 2.50. The van der Waals surface area contributed by atoms with Crippen molar-refractivity contribution in [3.05, 3.63) is 86.2 Å². The number of benzene rings is 2. The first kappa shape index (κ1) is 29.0. The summed E-state index contributed by atoms with van der Waals surface area (Å²) in [6, 6.07) is 14.7. The van der Waals surface area contributed by atoms with Crippen molar-refractivity contribution >= 4 is 40.9 Å². The summed E-state index contributed by atoms with van der Waals surface area (Å²) in [4.78, 5) is 28.2. The van der Waals surface area contributed by atoms with E-state index in [0.717, 1.165) is 5.56 Å². The summed E-state index contributed by atoms with van der Waals surface area (Å²) in [5.74, 6) is 1.74. The van der Waals surface area contributed by atoms with Crippen LogP contribution >= 0.6 is 23.5 Å². The quantitative estimate of drug-likeness (QED) is 0.274. The van der Waals surface area contributed by atoms with Gasteiger partial charge in [-0.1, -0.05) is 35.7 Å². The minimum absolute atomic E-state index is 0.205. The van der Waals surface area contributed by atoms with Crippen molar-refractivity contribution in [2.75, 3.05) is 31.6 Å². The second-order valence-electron chi connectivity index (χ2n) is 8.93. The van der Waals surface area contributed by atoms with Crippen molar-refractivity contribution in [2.45, 2.75) is 30.1 Å². The lowest BCUT2D eigenvalue weighted by molar-refractivity contribution is 0.414. The highest BCUT2D eigenvalue weighted by Gasteiger charge is 2.45. The first-order valence-electron chi connectivity index (χ1n) is 12.6. The molecule has 0 radical (unpaired) electrons. The van der Waals surface area contributed by atoms with Gasteiger partial charge in [-0.2, -0.15) is 9.35 Å². The average Bonchev–Trinajstić information content (AvgIpc) is 3.01. The third-order valence-electron chi connectivity index (χ3n) is 6.46. The van der Waals surface area contributed by atoms with Gasteiger partial charge in [-0.3, -0.25) is 14.5 Å². The molecule has 1 aliphatic rings. The smallest absolute Gasteiger partial charge is 0.296 e. The Morgan fingerprint density at radius 3 is 1.52 bits per heavy atom. The van der Waals surface area contributed by atoms with Crippen LogP contribution in [0.1, 0.15) is 22.9 Å². The van der Waals surface area contributed by atoms with Crippen LogP contribution in [0.15, 0.2) is 78.6 Å². The van der Waals surface area contributed by atoms with Crippen LogP contribution in [0.4, 0.5) is 5.69 Å². The highest BCUT2D eigenvalue weighted by Crippen LogP contribution is 2.38. The second-order valence-corrected chi connectivity index (χ2v) is 10.5. The van der Waals surface area contributed by atoms with Crippen LogP contribution in [0.2, 0.25) is 0 Å². The van der Waals surface area contributed by atoms with Gasteiger partial charge in [0.25, 0.3) is 11.1 Å². The van der Waals surface area contributed by atoms with E-state index in [1.807, 2.05) is 36.4 Å². The van der Waals surface area contributed by atoms with Crippen molar-refractivity contribution in [2.24, 2.45) is 10.2 Å². The minimum Gasteiger partial charge on any atom is -0.497 e. The first-order chi connectivity index (χ1) is 20.3. The predicted octanol–water partition coefficient (Wildman–Crippen LogP) is 3.00. The number of rotatable bonds is 8. The molecule has 216 valence electrons. The van der Waals surface area contributed by atoms with Gasteiger partial charge in [0.15, 0.2) is 11.7 Å². The Balaban J connectivity index is 1.81. The number of hydrogen-bond donors (Lipinski definition) is 0. The van der Waals surface area contributed by atoms with E-state index in [9.17, 15) is 9.59 Å². The maximum absolute atomic E-state index is 13.2. The van der Waals surface area contributed by atoms with Gasteiger partial charge in [0.2, 0.25) is 10.3 Å². The van der Waals surface area contributed by atoms with Crippen molar-refractivity contribution in [3.8, 4) is 11.5 Å². The summed E-state index contributed by atoms with van der Waals surface area (Å²) in [6.07, 6.45) is 3.58. The molecule has 0 unspecified atom stereocenters. The number of ether oxygens (including phenoxy) is 2. The maximum atomic E-state index is 13.2. The standard InChI is InChI=1S/C27H27N9O4S2/c1-15-24(37)35(26(41-5)30-28-15)32-22-21(17-7-11-19(39-3)12-8-17)23(34(22)18-9-13-20(40-4)14-10-18)33-36-25(38)16(2)29-31-27(36)42-6/h7-14,21H,1-6H3/b32-22+,33-23+. The lowest BCUT2D eigenvalue weighted by Gasteiger charge is -2.43. The fourth-order valence-electron chi connectivity index (χ4n) is 4.24. The Kier molecular flexibility index (Phi) is 8.40. The average molecular weight is 606 g/mol. The van der Waals surface area contributed by atoms with E-state index in [0.29, 0.717) is 39.2 Å². The van der Waals surface area contributed by atoms with E-state index in [1.165, 1.54) is 32.9 Å². The highest BCUT2D eigenvalue weighted by molar-refractivity contribution is 7.98. The van der Waals surface area contributed by atoms with Gasteiger partial charge in [-0.15, -0.1) is 30.6 Å². The number of hydrogen-bond acceptors (Lipinski definition) is 12. The topological polar surface area (TPSA) is 142 Å². The Morgan fingerprint density at radius 2 is 1.12 bits per heavy atom. The number of thioether (sulfide) groups is 2. The minimum atomic E-state index is -0.553. The largest absolute Gasteiger partial charge is 0.497 e. The number of aromatic nitrogens is 6. The van der Waals surface area contributed by atoms with Crippen LogP contribution in [-0.2, 0) is 0 Å². The molecule has 0 saturated carbocycles. The summed E-state index contributed by atoms with van der Waals surface area (Å²) < 4.78 is 13.2. The molecule has 0 N–H and O–H groups in total. The zero-order valence-electron chi connectivity index (χ0n) is 23.7. The molecule has 42 heavy (non-hydrogen) atoms. The van der Waals surface area contributed by atoms with Crippen LogP contribution in [-0.4, -0.2) is 68.1 Å². The third-order valence-corrected chi connectivity index (χ3v) is 7.70. The zero-order valence-corrected chi connectivity index (χ0v) is 25.3. The molecule has 4 aromatic rings. The Labute approximate surface area is 249 Å². The number of anilines is 1. The summed E-state index contributed by atoms with van der Waals surface area (Å²) in [5.41, 5.74) is 1.12. The van der Waals surface area contributed by atoms with Crippen LogP contribution < -0.4 is 25.5 Å². The molecule has 0 aliphatic carbocycles. The molecule has 3 heterocycles. The number of nitrogens with zero attached hydrogens (tertiary/aromatic N) is 9. The van der Waals surface area contributed by atoms with Gasteiger partial charge in [0.1, 0.15) is 28.8 Å². The normalized spacial score (nSPS) is 16.5. The van der Waals surface area contributed by atoms with Crippen molar-refractivity contribution in [3.63, 3.8) is 0 Å². The Hall–Kier alpha value is -4.50. The number of amidine groups is 2. The van der Waals surface area contributed by atoms with E-state index < -0.39 is 17.0 Å². The van der Waals surface area contributed by atoms with E-state index >= 15 is 0 Å². The van der Waals surface area contributed by atoms with Gasteiger partial charge in [-0.05, 0) is 68.3 Å². The van der Waals surface area contributed by atoms with Gasteiger partial charge in [0, 0.05) is 5.69 Å². The summed E-state index contributed by atoms with van der Waals surface area (Å²) in [6.45, 7) is 3.17. The molecule has 2 aromatic heterocycles. The lowest BCUT2D eigenvalue weighted by Crippen LogP contribution is -2.58. The molecule has 13 nitrogen and oxygen atoms in total. The predicted molar refractivity (Wildman–Crippen MR) is 162 cm³/mol. The summed E-state index contributed by atoms with van der Waals surface area (Å²) in [5, 5.41) is 26.6. The molecule has 0 atom stereocenters. The second kappa shape index (κ2) is 12.2. The molecular formula is C27H27N9O4S2. The van der Waals surface area contributed by atoms with Gasteiger partial charge in [-0.25, -0.2) is 0 Å². The Bertz CT molecular complexity index is 1660.